The number of carbonyl (C=O) groups excluding carboxylic acids is 2. The minimum absolute atomic E-state index is 0.110. The Bertz CT molecular complexity index is 766. The number of para-hydroxylation sites is 1. The summed E-state index contributed by atoms with van der Waals surface area (Å²) in [6, 6.07) is 7.43. The summed E-state index contributed by atoms with van der Waals surface area (Å²) in [5, 5.41) is 19.6. The van der Waals surface area contributed by atoms with Gasteiger partial charge in [0.05, 0.1) is 18.8 Å². The minimum Gasteiger partial charge on any atom is -0.396 e. The molecule has 1 aromatic carbocycles. The summed E-state index contributed by atoms with van der Waals surface area (Å²) in [5.41, 5.74) is 1.41. The normalized spacial score (nSPS) is 17.2. The standard InChI is InChI=1S/C18H22N2O4/c1-12-15(13-4-2-3-5-14(13)19-12)16(23)17(24)20-8-6-18(10-21,11-22)7-9-20/h2-5,19,21-22H,6-11H2,1H3. The maximum atomic E-state index is 12.7. The highest BCUT2D eigenvalue weighted by Crippen LogP contribution is 2.31. The lowest BCUT2D eigenvalue weighted by Gasteiger charge is -2.39. The number of hydrogen-bond acceptors (Lipinski definition) is 4. The molecule has 0 radical (unpaired) electrons. The predicted molar refractivity (Wildman–Crippen MR) is 89.8 cm³/mol. The highest BCUT2D eigenvalue weighted by atomic mass is 16.3. The molecule has 0 aliphatic carbocycles. The minimum atomic E-state index is -0.545. The van der Waals surface area contributed by atoms with E-state index in [0.29, 0.717) is 37.2 Å². The van der Waals surface area contributed by atoms with Gasteiger partial charge in [0.25, 0.3) is 11.7 Å². The molecule has 0 atom stereocenters. The summed E-state index contributed by atoms with van der Waals surface area (Å²) >= 11 is 0. The van der Waals surface area contributed by atoms with E-state index in [1.807, 2.05) is 24.3 Å². The number of Topliss-reactive ketones (excluding diaryl/α,β-unsaturated/α-hetero) is 1. The number of hydrogen-bond donors (Lipinski definition) is 3. The zero-order valence-electron chi connectivity index (χ0n) is 13.7. The van der Waals surface area contributed by atoms with E-state index in [4.69, 9.17) is 0 Å². The monoisotopic (exact) mass is 330 g/mol. The lowest BCUT2D eigenvalue weighted by atomic mass is 9.80. The van der Waals surface area contributed by atoms with Crippen LogP contribution in [0.2, 0.25) is 0 Å². The van der Waals surface area contributed by atoms with Crippen LogP contribution in [0.25, 0.3) is 10.9 Å². The van der Waals surface area contributed by atoms with Crippen molar-refractivity contribution >= 4 is 22.6 Å². The molecule has 0 unspecified atom stereocenters. The average Bonchev–Trinajstić information content (AvgIpc) is 2.96. The molecule has 6 heteroatoms. The zero-order chi connectivity index (χ0) is 17.3. The highest BCUT2D eigenvalue weighted by molar-refractivity contribution is 6.45. The van der Waals surface area contributed by atoms with Gasteiger partial charge in [-0.15, -0.1) is 0 Å². The number of amides is 1. The van der Waals surface area contributed by atoms with Crippen molar-refractivity contribution in [3.05, 3.63) is 35.5 Å². The van der Waals surface area contributed by atoms with Crippen molar-refractivity contribution in [1.29, 1.82) is 0 Å². The van der Waals surface area contributed by atoms with Crippen LogP contribution in [0, 0.1) is 12.3 Å². The maximum Gasteiger partial charge on any atom is 0.295 e. The summed E-state index contributed by atoms with van der Waals surface area (Å²) in [6.45, 7) is 2.31. The average molecular weight is 330 g/mol. The molecule has 6 nitrogen and oxygen atoms in total. The van der Waals surface area contributed by atoms with Crippen LogP contribution >= 0.6 is 0 Å². The molecule has 3 N–H and O–H groups in total. The van der Waals surface area contributed by atoms with Crippen molar-refractivity contribution in [2.75, 3.05) is 26.3 Å². The molecule has 2 aromatic rings. The van der Waals surface area contributed by atoms with Crippen LogP contribution < -0.4 is 0 Å². The van der Waals surface area contributed by atoms with E-state index >= 15 is 0 Å². The van der Waals surface area contributed by atoms with E-state index in [1.54, 1.807) is 6.92 Å². The van der Waals surface area contributed by atoms with Crippen molar-refractivity contribution in [1.82, 2.24) is 9.88 Å². The van der Waals surface area contributed by atoms with E-state index in [1.165, 1.54) is 4.90 Å². The van der Waals surface area contributed by atoms with Crippen LogP contribution in [-0.2, 0) is 4.79 Å². The van der Waals surface area contributed by atoms with E-state index in [2.05, 4.69) is 4.98 Å². The molecule has 1 aliphatic rings. The summed E-state index contributed by atoms with van der Waals surface area (Å²) < 4.78 is 0. The van der Waals surface area contributed by atoms with Gasteiger partial charge in [-0.2, -0.15) is 0 Å². The van der Waals surface area contributed by atoms with Gasteiger partial charge < -0.3 is 20.1 Å². The molecule has 1 aliphatic heterocycles. The number of nitrogens with one attached hydrogen (secondary N) is 1. The topological polar surface area (TPSA) is 93.6 Å². The quantitative estimate of drug-likeness (QED) is 0.581. The zero-order valence-corrected chi connectivity index (χ0v) is 13.7. The summed E-state index contributed by atoms with van der Waals surface area (Å²) in [4.78, 5) is 30.0. The smallest absolute Gasteiger partial charge is 0.295 e. The van der Waals surface area contributed by atoms with Crippen molar-refractivity contribution in [3.8, 4) is 0 Å². The fourth-order valence-corrected chi connectivity index (χ4v) is 3.37. The number of fused-ring (bicyclic) bond motifs is 1. The van der Waals surface area contributed by atoms with Gasteiger partial charge in [0, 0.05) is 35.1 Å². The summed E-state index contributed by atoms with van der Waals surface area (Å²) in [7, 11) is 0. The number of likely N-dealkylation sites (tertiary alicyclic amines) is 1. The number of aliphatic hydroxyl groups excluding tert-OH is 2. The molecule has 1 amide bonds. The third-order valence-corrected chi connectivity index (χ3v) is 5.10. The molecule has 1 aromatic heterocycles. The number of aromatic nitrogens is 1. The number of aryl methyl sites for hydroxylation is 1. The van der Waals surface area contributed by atoms with Gasteiger partial charge in [-0.3, -0.25) is 9.59 Å². The SMILES string of the molecule is Cc1[nH]c2ccccc2c1C(=O)C(=O)N1CCC(CO)(CO)CC1. The Morgan fingerprint density at radius 1 is 1.17 bits per heavy atom. The predicted octanol–water partition coefficient (Wildman–Crippen LogP) is 1.25. The first kappa shape index (κ1) is 16.7. The molecule has 1 fully saturated rings. The number of aliphatic hydroxyl groups is 2. The van der Waals surface area contributed by atoms with E-state index < -0.39 is 17.1 Å². The highest BCUT2D eigenvalue weighted by Gasteiger charge is 2.37. The molecule has 0 saturated carbocycles. The first-order valence-electron chi connectivity index (χ1n) is 8.14. The van der Waals surface area contributed by atoms with Crippen LogP contribution in [0.3, 0.4) is 0 Å². The van der Waals surface area contributed by atoms with Crippen LogP contribution in [0.5, 0.6) is 0 Å². The van der Waals surface area contributed by atoms with Crippen molar-refractivity contribution in [2.45, 2.75) is 19.8 Å². The Hall–Kier alpha value is -2.18. The second kappa shape index (κ2) is 6.37. The molecule has 1 saturated heterocycles. The number of benzene rings is 1. The van der Waals surface area contributed by atoms with E-state index in [9.17, 15) is 19.8 Å². The number of carbonyl (C=O) groups is 2. The fraction of sp³-hybridized carbons (Fsp3) is 0.444. The first-order valence-corrected chi connectivity index (χ1v) is 8.14. The third-order valence-electron chi connectivity index (χ3n) is 5.10. The van der Waals surface area contributed by atoms with Gasteiger partial charge in [-0.1, -0.05) is 18.2 Å². The second-order valence-corrected chi connectivity index (χ2v) is 6.61. The number of H-pyrrole nitrogens is 1. The largest absolute Gasteiger partial charge is 0.396 e. The third kappa shape index (κ3) is 2.72. The van der Waals surface area contributed by atoms with Gasteiger partial charge in [-0.25, -0.2) is 0 Å². The van der Waals surface area contributed by atoms with E-state index in [0.717, 1.165) is 10.9 Å². The fourth-order valence-electron chi connectivity index (χ4n) is 3.37. The Morgan fingerprint density at radius 2 is 1.79 bits per heavy atom. The molecular formula is C18H22N2O4. The molecular weight excluding hydrogens is 308 g/mol. The van der Waals surface area contributed by atoms with E-state index in [-0.39, 0.29) is 13.2 Å². The van der Waals surface area contributed by atoms with Crippen molar-refractivity contribution in [3.63, 3.8) is 0 Å². The number of aromatic amines is 1. The first-order chi connectivity index (χ1) is 11.5. The molecule has 3 rings (SSSR count). The number of rotatable bonds is 4. The molecule has 2 heterocycles. The lowest BCUT2D eigenvalue weighted by molar-refractivity contribution is -0.130. The van der Waals surface area contributed by atoms with Crippen LogP contribution in [0.1, 0.15) is 28.9 Å². The number of ketones is 1. The summed E-state index contributed by atoms with van der Waals surface area (Å²) in [5.74, 6) is -1.03. The van der Waals surface area contributed by atoms with Crippen LogP contribution in [0.4, 0.5) is 0 Å². The Labute approximate surface area is 140 Å². The number of piperidine rings is 1. The van der Waals surface area contributed by atoms with Crippen molar-refractivity contribution < 1.29 is 19.8 Å². The Morgan fingerprint density at radius 3 is 2.42 bits per heavy atom. The van der Waals surface area contributed by atoms with Gasteiger partial charge in [0.15, 0.2) is 0 Å². The van der Waals surface area contributed by atoms with Gasteiger partial charge >= 0.3 is 0 Å². The Balaban J connectivity index is 1.81. The second-order valence-electron chi connectivity index (χ2n) is 6.61. The lowest BCUT2D eigenvalue weighted by Crippen LogP contribution is -2.48. The van der Waals surface area contributed by atoms with Gasteiger partial charge in [0.1, 0.15) is 0 Å². The molecule has 0 spiro atoms. The van der Waals surface area contributed by atoms with Gasteiger partial charge in [0.2, 0.25) is 0 Å². The number of nitrogens with zero attached hydrogens (tertiary/aromatic N) is 1. The van der Waals surface area contributed by atoms with Crippen LogP contribution in [0.15, 0.2) is 24.3 Å². The van der Waals surface area contributed by atoms with Crippen molar-refractivity contribution in [2.24, 2.45) is 5.41 Å². The molecule has 24 heavy (non-hydrogen) atoms. The molecule has 0 bridgehead atoms. The maximum absolute atomic E-state index is 12.7. The Kier molecular flexibility index (Phi) is 4.43. The van der Waals surface area contributed by atoms with Crippen LogP contribution in [-0.4, -0.2) is 58.1 Å². The summed E-state index contributed by atoms with van der Waals surface area (Å²) in [6.07, 6.45) is 0.984. The molecule has 128 valence electrons. The van der Waals surface area contributed by atoms with Gasteiger partial charge in [-0.05, 0) is 25.8 Å².